The Morgan fingerprint density at radius 3 is 1.70 bits per heavy atom. The highest BCUT2D eigenvalue weighted by atomic mass is 15.0. The molecule has 1 heteroatoms. The van der Waals surface area contributed by atoms with Crippen LogP contribution in [0.4, 0.5) is 0 Å². The number of allylic oxidation sites excluding steroid dienone is 2. The van der Waals surface area contributed by atoms with E-state index in [1.54, 1.807) is 11.1 Å². The first kappa shape index (κ1) is 42.7. The maximum atomic E-state index is 4.57. The number of nitrogens with zero attached hydrogens (tertiary/aromatic N) is 1. The van der Waals surface area contributed by atoms with Gasteiger partial charge in [0.05, 0.1) is 0 Å². The van der Waals surface area contributed by atoms with Gasteiger partial charge in [0.25, 0.3) is 0 Å². The van der Waals surface area contributed by atoms with E-state index >= 15 is 0 Å². The number of hydrogen-bond acceptors (Lipinski definition) is 1. The van der Waals surface area contributed by atoms with Gasteiger partial charge in [0.15, 0.2) is 0 Å². The molecule has 0 heterocycles. The molecule has 46 heavy (non-hydrogen) atoms. The molecule has 0 radical (unpaired) electrons. The second kappa shape index (κ2) is 29.8. The van der Waals surface area contributed by atoms with E-state index in [2.05, 4.69) is 71.1 Å². The van der Waals surface area contributed by atoms with Crippen LogP contribution in [0.5, 0.6) is 0 Å². The highest BCUT2D eigenvalue weighted by Crippen LogP contribution is 2.27. The topological polar surface area (TPSA) is 3.24 Å². The van der Waals surface area contributed by atoms with E-state index in [0.717, 1.165) is 38.1 Å². The summed E-state index contributed by atoms with van der Waals surface area (Å²) in [6.45, 7) is 17.0. The third-order valence-corrected chi connectivity index (χ3v) is 10.3. The smallest absolute Gasteiger partial charge is 0.00218 e. The Labute approximate surface area is 290 Å². The summed E-state index contributed by atoms with van der Waals surface area (Å²) in [6, 6.07) is 7.31. The summed E-state index contributed by atoms with van der Waals surface area (Å²) in [4.78, 5) is 2.27. The summed E-state index contributed by atoms with van der Waals surface area (Å²) in [5, 5.41) is 0. The fourth-order valence-electron chi connectivity index (χ4n) is 7.19. The van der Waals surface area contributed by atoms with Crippen molar-refractivity contribution < 1.29 is 0 Å². The van der Waals surface area contributed by atoms with E-state index in [1.165, 1.54) is 171 Å². The quantitative estimate of drug-likeness (QED) is 0.0548. The van der Waals surface area contributed by atoms with Crippen LogP contribution in [0.25, 0.3) is 0 Å². The number of rotatable bonds is 33. The highest BCUT2D eigenvalue weighted by Gasteiger charge is 2.11. The van der Waals surface area contributed by atoms with Crippen molar-refractivity contribution in [1.29, 1.82) is 0 Å². The first-order valence-corrected chi connectivity index (χ1v) is 20.5. The lowest BCUT2D eigenvalue weighted by molar-refractivity contribution is 0.396. The van der Waals surface area contributed by atoms with Gasteiger partial charge in [-0.1, -0.05) is 179 Å². The van der Waals surface area contributed by atoms with Gasteiger partial charge in [0.2, 0.25) is 0 Å². The van der Waals surface area contributed by atoms with Crippen LogP contribution in [0.3, 0.4) is 0 Å². The van der Waals surface area contributed by atoms with Gasteiger partial charge in [-0.3, -0.25) is 0 Å². The van der Waals surface area contributed by atoms with E-state index in [4.69, 9.17) is 0 Å². The standard InChI is InChI=1S/C45H81N/c1-8-11-13-15-20-24-30-42(31-25-21-16-14-12-9-2)38-41(5)28-23-19-17-18-22-26-32-43-34-36-44(10-3)45(39-43)35-33-40(4)29-27-37-46(6)7/h34,36,39,42H,4-5,8-33,35,37-38H2,1-3,6-7H3. The number of aryl methyl sites for hydroxylation is 3. The Kier molecular flexibility index (Phi) is 27.6. The number of benzene rings is 1. The van der Waals surface area contributed by atoms with Crippen LogP contribution in [0, 0.1) is 5.92 Å². The highest BCUT2D eigenvalue weighted by molar-refractivity contribution is 5.33. The Morgan fingerprint density at radius 2 is 1.11 bits per heavy atom. The lowest BCUT2D eigenvalue weighted by Gasteiger charge is -2.19. The SMILES string of the molecule is C=C(CCCN(C)C)CCc1cc(CCCCCCCCC(=C)CC(CCCCCCCC)CCCCCCCC)ccc1CC. The molecule has 1 aromatic carbocycles. The molecule has 266 valence electrons. The van der Waals surface area contributed by atoms with Gasteiger partial charge in [-0.25, -0.2) is 0 Å². The summed E-state index contributed by atoms with van der Waals surface area (Å²) < 4.78 is 0. The summed E-state index contributed by atoms with van der Waals surface area (Å²) >= 11 is 0. The molecular formula is C45H81N. The van der Waals surface area contributed by atoms with Gasteiger partial charge < -0.3 is 4.90 Å². The third-order valence-electron chi connectivity index (χ3n) is 10.3. The van der Waals surface area contributed by atoms with Crippen molar-refractivity contribution >= 4 is 0 Å². The summed E-state index contributed by atoms with van der Waals surface area (Å²) in [5.74, 6) is 0.892. The van der Waals surface area contributed by atoms with Gasteiger partial charge in [-0.05, 0) is 107 Å². The summed E-state index contributed by atoms with van der Waals surface area (Å²) in [5.41, 5.74) is 7.60. The zero-order chi connectivity index (χ0) is 33.7. The van der Waals surface area contributed by atoms with E-state index in [9.17, 15) is 0 Å². The lowest BCUT2D eigenvalue weighted by Crippen LogP contribution is -2.12. The van der Waals surface area contributed by atoms with Crippen LogP contribution >= 0.6 is 0 Å². The first-order chi connectivity index (χ1) is 22.4. The zero-order valence-corrected chi connectivity index (χ0v) is 32.2. The van der Waals surface area contributed by atoms with Gasteiger partial charge in [-0.2, -0.15) is 0 Å². The predicted octanol–water partition coefficient (Wildman–Crippen LogP) is 14.4. The predicted molar refractivity (Wildman–Crippen MR) is 210 cm³/mol. The van der Waals surface area contributed by atoms with Crippen molar-refractivity contribution in [1.82, 2.24) is 4.90 Å². The average molecular weight is 636 g/mol. The first-order valence-electron chi connectivity index (χ1n) is 20.5. The monoisotopic (exact) mass is 636 g/mol. The van der Waals surface area contributed by atoms with E-state index in [-0.39, 0.29) is 0 Å². The molecule has 0 aliphatic carbocycles. The van der Waals surface area contributed by atoms with Crippen molar-refractivity contribution in [2.45, 2.75) is 201 Å². The Hall–Kier alpha value is -1.34. The zero-order valence-electron chi connectivity index (χ0n) is 32.2. The van der Waals surface area contributed by atoms with Gasteiger partial charge in [0.1, 0.15) is 0 Å². The fourth-order valence-corrected chi connectivity index (χ4v) is 7.19. The van der Waals surface area contributed by atoms with Crippen LogP contribution in [0.15, 0.2) is 42.5 Å². The number of hydrogen-bond donors (Lipinski definition) is 0. The van der Waals surface area contributed by atoms with Crippen LogP contribution in [0.2, 0.25) is 0 Å². The van der Waals surface area contributed by atoms with E-state index in [1.807, 2.05) is 0 Å². The Balaban J connectivity index is 2.28. The molecule has 0 saturated heterocycles. The molecule has 0 spiro atoms. The largest absolute Gasteiger partial charge is 0.309 e. The van der Waals surface area contributed by atoms with Crippen LogP contribution in [0.1, 0.15) is 198 Å². The summed E-state index contributed by atoms with van der Waals surface area (Å²) in [6.07, 6.45) is 37.7. The van der Waals surface area contributed by atoms with E-state index < -0.39 is 0 Å². The molecule has 0 unspecified atom stereocenters. The second-order valence-corrected chi connectivity index (χ2v) is 15.2. The molecule has 0 N–H and O–H groups in total. The maximum absolute atomic E-state index is 4.57. The normalized spacial score (nSPS) is 11.6. The Morgan fingerprint density at radius 1 is 0.565 bits per heavy atom. The minimum Gasteiger partial charge on any atom is -0.309 e. The molecule has 1 aromatic rings. The summed E-state index contributed by atoms with van der Waals surface area (Å²) in [7, 11) is 4.31. The maximum Gasteiger partial charge on any atom is -0.00218 e. The van der Waals surface area contributed by atoms with Crippen LogP contribution < -0.4 is 0 Å². The van der Waals surface area contributed by atoms with Crippen molar-refractivity contribution in [3.63, 3.8) is 0 Å². The minimum atomic E-state index is 0.892. The van der Waals surface area contributed by atoms with Crippen molar-refractivity contribution in [2.24, 2.45) is 5.92 Å². The molecule has 0 aromatic heterocycles. The molecule has 0 fully saturated rings. The Bertz CT molecular complexity index is 848. The molecule has 0 amide bonds. The lowest BCUT2D eigenvalue weighted by atomic mass is 9.87. The molecule has 0 bridgehead atoms. The fraction of sp³-hybridized carbons (Fsp3) is 0.778. The second-order valence-electron chi connectivity index (χ2n) is 15.2. The average Bonchev–Trinajstić information content (AvgIpc) is 3.04. The molecule has 0 aliphatic heterocycles. The van der Waals surface area contributed by atoms with Crippen molar-refractivity contribution in [2.75, 3.05) is 20.6 Å². The molecule has 1 nitrogen and oxygen atoms in total. The van der Waals surface area contributed by atoms with E-state index in [0.29, 0.717) is 0 Å². The molecule has 1 rings (SSSR count). The van der Waals surface area contributed by atoms with Gasteiger partial charge in [0, 0.05) is 0 Å². The molecule has 0 saturated carbocycles. The minimum absolute atomic E-state index is 0.892. The van der Waals surface area contributed by atoms with Crippen LogP contribution in [-0.2, 0) is 19.3 Å². The van der Waals surface area contributed by atoms with Crippen molar-refractivity contribution in [3.05, 3.63) is 59.2 Å². The van der Waals surface area contributed by atoms with Crippen molar-refractivity contribution in [3.8, 4) is 0 Å². The molecular weight excluding hydrogens is 555 g/mol. The number of unbranched alkanes of at least 4 members (excludes halogenated alkanes) is 15. The van der Waals surface area contributed by atoms with Crippen LogP contribution in [-0.4, -0.2) is 25.5 Å². The molecule has 0 atom stereocenters. The van der Waals surface area contributed by atoms with Gasteiger partial charge >= 0.3 is 0 Å². The molecule has 0 aliphatic rings. The third kappa shape index (κ3) is 23.9. The van der Waals surface area contributed by atoms with Gasteiger partial charge in [-0.15, -0.1) is 0 Å².